The molecule has 0 spiro atoms. The van der Waals surface area contributed by atoms with Crippen LogP contribution in [0.25, 0.3) is 0 Å². The van der Waals surface area contributed by atoms with Crippen molar-refractivity contribution in [3.8, 4) is 11.5 Å². The maximum atomic E-state index is 12.3. The second-order valence-corrected chi connectivity index (χ2v) is 5.64. The van der Waals surface area contributed by atoms with Crippen molar-refractivity contribution in [2.45, 2.75) is 13.3 Å². The average molecular weight is 357 g/mol. The molecule has 2 aromatic carbocycles. The molecule has 6 nitrogen and oxygen atoms in total. The van der Waals surface area contributed by atoms with Crippen LogP contribution in [0.4, 0.5) is 0 Å². The van der Waals surface area contributed by atoms with Crippen molar-refractivity contribution in [1.82, 2.24) is 5.32 Å². The Hall–Kier alpha value is -3.02. The smallest absolute Gasteiger partial charge is 0.346 e. The first-order chi connectivity index (χ1) is 12.6. The van der Waals surface area contributed by atoms with Gasteiger partial charge in [0.15, 0.2) is 6.61 Å². The van der Waals surface area contributed by atoms with Gasteiger partial charge in [0, 0.05) is 6.54 Å². The third kappa shape index (κ3) is 4.99. The van der Waals surface area contributed by atoms with Gasteiger partial charge in [0.05, 0.1) is 14.2 Å². The van der Waals surface area contributed by atoms with Crippen molar-refractivity contribution in [2.24, 2.45) is 0 Å². The Morgan fingerprint density at radius 1 is 0.962 bits per heavy atom. The first-order valence-corrected chi connectivity index (χ1v) is 8.26. The summed E-state index contributed by atoms with van der Waals surface area (Å²) in [4.78, 5) is 24.2. The minimum Gasteiger partial charge on any atom is -0.496 e. The molecular weight excluding hydrogens is 334 g/mol. The highest BCUT2D eigenvalue weighted by Gasteiger charge is 2.20. The van der Waals surface area contributed by atoms with E-state index < -0.39 is 5.97 Å². The predicted molar refractivity (Wildman–Crippen MR) is 97.7 cm³/mol. The molecule has 0 atom stereocenters. The van der Waals surface area contributed by atoms with Crippen LogP contribution in [0, 0.1) is 6.92 Å². The molecule has 0 aliphatic rings. The van der Waals surface area contributed by atoms with Crippen molar-refractivity contribution in [3.05, 3.63) is 59.2 Å². The Morgan fingerprint density at radius 2 is 1.62 bits per heavy atom. The lowest BCUT2D eigenvalue weighted by Crippen LogP contribution is -2.30. The maximum Gasteiger partial charge on any atom is 0.346 e. The summed E-state index contributed by atoms with van der Waals surface area (Å²) < 4.78 is 15.4. The van der Waals surface area contributed by atoms with E-state index in [9.17, 15) is 9.59 Å². The largest absolute Gasteiger partial charge is 0.496 e. The second-order valence-electron chi connectivity index (χ2n) is 5.64. The minimum atomic E-state index is -0.673. The zero-order valence-corrected chi connectivity index (χ0v) is 15.2. The van der Waals surface area contributed by atoms with Crippen LogP contribution in [0.15, 0.2) is 42.5 Å². The maximum absolute atomic E-state index is 12.3. The van der Waals surface area contributed by atoms with Crippen LogP contribution in [-0.2, 0) is 16.0 Å². The Balaban J connectivity index is 1.86. The van der Waals surface area contributed by atoms with Gasteiger partial charge in [0.2, 0.25) is 0 Å². The molecule has 26 heavy (non-hydrogen) atoms. The van der Waals surface area contributed by atoms with Gasteiger partial charge in [0.25, 0.3) is 5.91 Å². The summed E-state index contributed by atoms with van der Waals surface area (Å²) in [5.74, 6) is -0.377. The Bertz CT molecular complexity index is 750. The van der Waals surface area contributed by atoms with Crippen LogP contribution in [0.3, 0.4) is 0 Å². The molecule has 0 aliphatic heterocycles. The molecule has 0 aliphatic carbocycles. The third-order valence-electron chi connectivity index (χ3n) is 3.94. The number of methoxy groups -OCH3 is 2. The Morgan fingerprint density at radius 3 is 2.23 bits per heavy atom. The standard InChI is InChI=1S/C20H23NO5/c1-14-7-4-5-8-15(14)11-12-21-18(22)13-26-20(23)19-16(24-2)9-6-10-17(19)25-3/h4-10H,11-13H2,1-3H3,(H,21,22). The van der Waals surface area contributed by atoms with Gasteiger partial charge in [0.1, 0.15) is 17.1 Å². The quantitative estimate of drug-likeness (QED) is 0.735. The Labute approximate surface area is 153 Å². The molecule has 1 N–H and O–H groups in total. The van der Waals surface area contributed by atoms with E-state index in [2.05, 4.69) is 5.32 Å². The van der Waals surface area contributed by atoms with Gasteiger partial charge in [-0.1, -0.05) is 30.3 Å². The molecule has 0 saturated carbocycles. The van der Waals surface area contributed by atoms with Crippen LogP contribution in [0.1, 0.15) is 21.5 Å². The molecule has 6 heteroatoms. The highest BCUT2D eigenvalue weighted by atomic mass is 16.5. The molecule has 0 saturated heterocycles. The van der Waals surface area contributed by atoms with Gasteiger partial charge in [-0.3, -0.25) is 4.79 Å². The molecule has 138 valence electrons. The van der Waals surface area contributed by atoms with Crippen molar-refractivity contribution in [1.29, 1.82) is 0 Å². The van der Waals surface area contributed by atoms with Gasteiger partial charge in [-0.25, -0.2) is 4.79 Å². The summed E-state index contributed by atoms with van der Waals surface area (Å²) in [7, 11) is 2.90. The molecule has 0 fully saturated rings. The first-order valence-electron chi connectivity index (χ1n) is 8.26. The molecule has 0 heterocycles. The lowest BCUT2D eigenvalue weighted by atomic mass is 10.1. The number of carbonyl (C=O) groups excluding carboxylic acids is 2. The number of esters is 1. The molecule has 2 rings (SSSR count). The number of hydrogen-bond donors (Lipinski definition) is 1. The Kier molecular flexibility index (Phi) is 7.02. The van der Waals surface area contributed by atoms with E-state index in [1.54, 1.807) is 18.2 Å². The van der Waals surface area contributed by atoms with E-state index in [0.717, 1.165) is 0 Å². The molecule has 0 aromatic heterocycles. The van der Waals surface area contributed by atoms with Crippen LogP contribution in [0.2, 0.25) is 0 Å². The average Bonchev–Trinajstić information content (AvgIpc) is 2.66. The monoisotopic (exact) mass is 357 g/mol. The summed E-state index contributed by atoms with van der Waals surface area (Å²) in [5, 5.41) is 2.74. The van der Waals surface area contributed by atoms with E-state index in [1.165, 1.54) is 25.3 Å². The summed E-state index contributed by atoms with van der Waals surface area (Å²) in [6, 6.07) is 12.9. The van der Waals surface area contributed by atoms with E-state index >= 15 is 0 Å². The summed E-state index contributed by atoms with van der Waals surface area (Å²) in [6.07, 6.45) is 0.715. The van der Waals surface area contributed by atoms with Crippen molar-refractivity contribution >= 4 is 11.9 Å². The van der Waals surface area contributed by atoms with Gasteiger partial charge in [-0.15, -0.1) is 0 Å². The first kappa shape index (κ1) is 19.3. The van der Waals surface area contributed by atoms with Gasteiger partial charge in [-0.2, -0.15) is 0 Å². The topological polar surface area (TPSA) is 73.9 Å². The number of ether oxygens (including phenoxy) is 3. The van der Waals surface area contributed by atoms with Gasteiger partial charge >= 0.3 is 5.97 Å². The zero-order valence-electron chi connectivity index (χ0n) is 15.2. The highest BCUT2D eigenvalue weighted by molar-refractivity contribution is 5.96. The minimum absolute atomic E-state index is 0.158. The molecule has 0 bridgehead atoms. The number of carbonyl (C=O) groups is 2. The third-order valence-corrected chi connectivity index (χ3v) is 3.94. The fraction of sp³-hybridized carbons (Fsp3) is 0.300. The SMILES string of the molecule is COc1cccc(OC)c1C(=O)OCC(=O)NCCc1ccccc1C. The number of nitrogens with one attached hydrogen (secondary N) is 1. The zero-order chi connectivity index (χ0) is 18.9. The summed E-state index contributed by atoms with van der Waals surface area (Å²) in [5.41, 5.74) is 2.50. The lowest BCUT2D eigenvalue weighted by molar-refractivity contribution is -0.124. The van der Waals surface area contributed by atoms with Crippen LogP contribution in [-0.4, -0.2) is 39.2 Å². The molecule has 0 unspecified atom stereocenters. The van der Waals surface area contributed by atoms with E-state index in [-0.39, 0.29) is 18.1 Å². The van der Waals surface area contributed by atoms with Crippen LogP contribution >= 0.6 is 0 Å². The predicted octanol–water partition coefficient (Wildman–Crippen LogP) is 2.53. The van der Waals surface area contributed by atoms with Crippen molar-refractivity contribution < 1.29 is 23.8 Å². The summed E-state index contributed by atoms with van der Waals surface area (Å²) in [6.45, 7) is 2.13. The molecule has 2 aromatic rings. The number of hydrogen-bond acceptors (Lipinski definition) is 5. The van der Waals surface area contributed by atoms with Crippen LogP contribution < -0.4 is 14.8 Å². The number of amides is 1. The molecule has 1 amide bonds. The van der Waals surface area contributed by atoms with Crippen molar-refractivity contribution in [2.75, 3.05) is 27.4 Å². The molecule has 0 radical (unpaired) electrons. The number of benzene rings is 2. The van der Waals surface area contributed by atoms with Gasteiger partial charge < -0.3 is 19.5 Å². The number of aryl methyl sites for hydroxylation is 1. The fourth-order valence-electron chi connectivity index (χ4n) is 2.53. The second kappa shape index (κ2) is 9.46. The van der Waals surface area contributed by atoms with Crippen LogP contribution in [0.5, 0.6) is 11.5 Å². The normalized spacial score (nSPS) is 10.1. The van der Waals surface area contributed by atoms with E-state index in [4.69, 9.17) is 14.2 Å². The summed E-state index contributed by atoms with van der Waals surface area (Å²) >= 11 is 0. The molecular formula is C20H23NO5. The lowest BCUT2D eigenvalue weighted by Gasteiger charge is -2.12. The number of rotatable bonds is 8. The van der Waals surface area contributed by atoms with E-state index in [0.29, 0.717) is 24.5 Å². The fourth-order valence-corrected chi connectivity index (χ4v) is 2.53. The van der Waals surface area contributed by atoms with E-state index in [1.807, 2.05) is 31.2 Å². The van der Waals surface area contributed by atoms with Crippen molar-refractivity contribution in [3.63, 3.8) is 0 Å². The van der Waals surface area contributed by atoms with Gasteiger partial charge in [-0.05, 0) is 36.6 Å². The highest BCUT2D eigenvalue weighted by Crippen LogP contribution is 2.28.